The van der Waals surface area contributed by atoms with E-state index in [-0.39, 0.29) is 5.41 Å². The third-order valence-corrected chi connectivity index (χ3v) is 4.22. The van der Waals surface area contributed by atoms with Crippen LogP contribution in [0.5, 0.6) is 0 Å². The molecule has 94 valence electrons. The maximum absolute atomic E-state index is 5.73. The first-order valence-corrected chi connectivity index (χ1v) is 6.41. The van der Waals surface area contributed by atoms with Crippen LogP contribution in [0.2, 0.25) is 0 Å². The van der Waals surface area contributed by atoms with Crippen LogP contribution in [0.4, 0.5) is 0 Å². The lowest BCUT2D eigenvalue weighted by Gasteiger charge is -2.53. The zero-order valence-electron chi connectivity index (χ0n) is 11.0. The molecule has 2 aliphatic rings. The smallest absolute Gasteiger partial charge is 0.0655 e. The molecule has 1 saturated heterocycles. The molecule has 3 heteroatoms. The van der Waals surface area contributed by atoms with Crippen molar-refractivity contribution in [2.45, 2.75) is 46.3 Å². The Labute approximate surface area is 98.9 Å². The Hall–Kier alpha value is -0.120. The Balaban J connectivity index is 1.75. The van der Waals surface area contributed by atoms with Crippen molar-refractivity contribution >= 4 is 0 Å². The number of ether oxygens (including phenoxy) is 2. The Morgan fingerprint density at radius 1 is 1.31 bits per heavy atom. The summed E-state index contributed by atoms with van der Waals surface area (Å²) in [5, 5.41) is 3.68. The van der Waals surface area contributed by atoms with Gasteiger partial charge in [0.25, 0.3) is 0 Å². The van der Waals surface area contributed by atoms with Crippen LogP contribution in [0, 0.1) is 10.8 Å². The summed E-state index contributed by atoms with van der Waals surface area (Å²) in [6.07, 6.45) is 1.58. The summed E-state index contributed by atoms with van der Waals surface area (Å²) < 4.78 is 11.0. The molecule has 1 saturated carbocycles. The third-order valence-electron chi connectivity index (χ3n) is 4.22. The van der Waals surface area contributed by atoms with E-state index in [1.54, 1.807) is 0 Å². The molecule has 2 rings (SSSR count). The van der Waals surface area contributed by atoms with Gasteiger partial charge >= 0.3 is 0 Å². The summed E-state index contributed by atoms with van der Waals surface area (Å²) >= 11 is 0. The van der Waals surface area contributed by atoms with Crippen LogP contribution < -0.4 is 5.32 Å². The van der Waals surface area contributed by atoms with E-state index in [0.717, 1.165) is 32.8 Å². The largest absolute Gasteiger partial charge is 0.380 e. The standard InChI is InChI=1S/C13H25NO2/c1-5-16-11-6-10(12(11,2)3)14-7-13(4)8-15-9-13/h10-11,14H,5-9H2,1-4H3. The molecule has 0 bridgehead atoms. The molecule has 1 heterocycles. The van der Waals surface area contributed by atoms with Gasteiger partial charge in [-0.25, -0.2) is 0 Å². The van der Waals surface area contributed by atoms with Crippen LogP contribution in [0.15, 0.2) is 0 Å². The summed E-state index contributed by atoms with van der Waals surface area (Å²) in [5.41, 5.74) is 0.643. The predicted molar refractivity (Wildman–Crippen MR) is 64.5 cm³/mol. The van der Waals surface area contributed by atoms with Gasteiger partial charge in [-0.2, -0.15) is 0 Å². The van der Waals surface area contributed by atoms with E-state index in [4.69, 9.17) is 9.47 Å². The summed E-state index contributed by atoms with van der Waals surface area (Å²) in [6.45, 7) is 12.7. The topological polar surface area (TPSA) is 30.5 Å². The van der Waals surface area contributed by atoms with E-state index >= 15 is 0 Å². The quantitative estimate of drug-likeness (QED) is 0.777. The van der Waals surface area contributed by atoms with Gasteiger partial charge in [0, 0.05) is 30.0 Å². The molecule has 3 nitrogen and oxygen atoms in total. The highest BCUT2D eigenvalue weighted by Gasteiger charge is 2.49. The first kappa shape index (κ1) is 12.3. The second-order valence-corrected chi connectivity index (χ2v) is 6.24. The van der Waals surface area contributed by atoms with Crippen LogP contribution in [-0.4, -0.2) is 38.5 Å². The van der Waals surface area contributed by atoms with Crippen molar-refractivity contribution < 1.29 is 9.47 Å². The normalized spacial score (nSPS) is 35.2. The molecule has 2 fully saturated rings. The maximum atomic E-state index is 5.73. The average molecular weight is 227 g/mol. The van der Waals surface area contributed by atoms with Gasteiger partial charge in [-0.15, -0.1) is 0 Å². The summed E-state index contributed by atoms with van der Waals surface area (Å²) in [4.78, 5) is 0. The van der Waals surface area contributed by atoms with Crippen LogP contribution in [-0.2, 0) is 9.47 Å². The Kier molecular flexibility index (Phi) is 3.30. The fourth-order valence-corrected chi connectivity index (χ4v) is 2.64. The van der Waals surface area contributed by atoms with Crippen molar-refractivity contribution in [2.75, 3.05) is 26.4 Å². The number of nitrogens with one attached hydrogen (secondary N) is 1. The monoisotopic (exact) mass is 227 g/mol. The third kappa shape index (κ3) is 2.13. The number of hydrogen-bond donors (Lipinski definition) is 1. The zero-order chi connectivity index (χ0) is 11.8. The van der Waals surface area contributed by atoms with Gasteiger partial charge in [0.1, 0.15) is 0 Å². The van der Waals surface area contributed by atoms with E-state index in [1.165, 1.54) is 0 Å². The second kappa shape index (κ2) is 4.28. The number of rotatable bonds is 5. The predicted octanol–water partition coefficient (Wildman–Crippen LogP) is 1.82. The van der Waals surface area contributed by atoms with Gasteiger partial charge in [0.2, 0.25) is 0 Å². The summed E-state index contributed by atoms with van der Waals surface area (Å²) in [7, 11) is 0. The maximum Gasteiger partial charge on any atom is 0.0655 e. The highest BCUT2D eigenvalue weighted by Crippen LogP contribution is 2.43. The minimum atomic E-state index is 0.275. The van der Waals surface area contributed by atoms with Crippen molar-refractivity contribution in [2.24, 2.45) is 10.8 Å². The fourth-order valence-electron chi connectivity index (χ4n) is 2.64. The molecule has 0 radical (unpaired) electrons. The summed E-state index contributed by atoms with van der Waals surface area (Å²) in [5.74, 6) is 0. The second-order valence-electron chi connectivity index (χ2n) is 6.24. The first-order valence-electron chi connectivity index (χ1n) is 6.41. The van der Waals surface area contributed by atoms with Crippen LogP contribution in [0.1, 0.15) is 34.1 Å². The van der Waals surface area contributed by atoms with E-state index in [9.17, 15) is 0 Å². The summed E-state index contributed by atoms with van der Waals surface area (Å²) in [6, 6.07) is 0.599. The molecule has 2 atom stereocenters. The van der Waals surface area contributed by atoms with Crippen molar-refractivity contribution in [3.8, 4) is 0 Å². The molecule has 0 spiro atoms. The zero-order valence-corrected chi connectivity index (χ0v) is 11.0. The molecule has 16 heavy (non-hydrogen) atoms. The molecule has 1 aliphatic carbocycles. The van der Waals surface area contributed by atoms with Gasteiger partial charge in [-0.1, -0.05) is 20.8 Å². The van der Waals surface area contributed by atoms with Gasteiger partial charge in [0.15, 0.2) is 0 Å². The van der Waals surface area contributed by atoms with E-state index in [2.05, 4.69) is 33.0 Å². The van der Waals surface area contributed by atoms with Gasteiger partial charge in [0.05, 0.1) is 19.3 Å². The SMILES string of the molecule is CCOC1CC(NCC2(C)COC2)C1(C)C. The average Bonchev–Trinajstić information content (AvgIpc) is 2.19. The van der Waals surface area contributed by atoms with E-state index in [0.29, 0.717) is 17.6 Å². The number of hydrogen-bond acceptors (Lipinski definition) is 3. The Bertz CT molecular complexity index is 248. The Morgan fingerprint density at radius 2 is 2.00 bits per heavy atom. The van der Waals surface area contributed by atoms with Crippen LogP contribution in [0.3, 0.4) is 0 Å². The van der Waals surface area contributed by atoms with E-state index < -0.39 is 0 Å². The lowest BCUT2D eigenvalue weighted by Crippen LogP contribution is -2.63. The van der Waals surface area contributed by atoms with E-state index in [1.807, 2.05) is 0 Å². The minimum Gasteiger partial charge on any atom is -0.380 e. The van der Waals surface area contributed by atoms with Crippen molar-refractivity contribution in [3.05, 3.63) is 0 Å². The molecular weight excluding hydrogens is 202 g/mol. The fraction of sp³-hybridized carbons (Fsp3) is 1.00. The van der Waals surface area contributed by atoms with Crippen molar-refractivity contribution in [1.29, 1.82) is 0 Å². The highest BCUT2D eigenvalue weighted by molar-refractivity contribution is 5.03. The van der Waals surface area contributed by atoms with Crippen LogP contribution in [0.25, 0.3) is 0 Å². The molecule has 0 aromatic rings. The van der Waals surface area contributed by atoms with Gasteiger partial charge < -0.3 is 14.8 Å². The molecule has 0 aromatic heterocycles. The first-order chi connectivity index (χ1) is 7.48. The van der Waals surface area contributed by atoms with Crippen LogP contribution >= 0.6 is 0 Å². The molecule has 0 aromatic carbocycles. The van der Waals surface area contributed by atoms with Crippen molar-refractivity contribution in [3.63, 3.8) is 0 Å². The Morgan fingerprint density at radius 3 is 2.44 bits per heavy atom. The lowest BCUT2D eigenvalue weighted by atomic mass is 9.64. The molecule has 2 unspecified atom stereocenters. The lowest BCUT2D eigenvalue weighted by molar-refractivity contribution is -0.131. The van der Waals surface area contributed by atoms with Gasteiger partial charge in [-0.05, 0) is 13.3 Å². The minimum absolute atomic E-state index is 0.275. The van der Waals surface area contributed by atoms with Gasteiger partial charge in [-0.3, -0.25) is 0 Å². The highest BCUT2D eigenvalue weighted by atomic mass is 16.5. The molecular formula is C13H25NO2. The molecule has 1 aliphatic heterocycles. The van der Waals surface area contributed by atoms with Crippen molar-refractivity contribution in [1.82, 2.24) is 5.32 Å². The molecule has 1 N–H and O–H groups in total. The molecule has 0 amide bonds.